The van der Waals surface area contributed by atoms with Crippen LogP contribution in [0.1, 0.15) is 11.1 Å². The molecule has 0 saturated heterocycles. The molecule has 1 aromatic heterocycles. The number of benzene rings is 2. The number of phenols is 1. The molecule has 0 bridgehead atoms. The Morgan fingerprint density at radius 3 is 2.58 bits per heavy atom. The lowest BCUT2D eigenvalue weighted by atomic mass is 10.1. The number of nitrogens with zero attached hydrogens (tertiary/aromatic N) is 1. The van der Waals surface area contributed by atoms with Crippen LogP contribution in [0.25, 0.3) is 10.9 Å². The molecule has 3 rings (SSSR count). The number of hydrogen-bond acceptors (Lipinski definition) is 5. The number of aromatic hydroxyl groups is 1. The second-order valence-corrected chi connectivity index (χ2v) is 5.87. The molecule has 2 amide bonds. The number of nitrogens with one attached hydrogen (secondary N) is 1. The number of carbonyl (C=O) groups is 1. The highest BCUT2D eigenvalue weighted by Gasteiger charge is 2.12. The summed E-state index contributed by atoms with van der Waals surface area (Å²) in [6.45, 7) is 3.72. The Bertz CT molecular complexity index is 1000. The Labute approximate surface area is 150 Å². The van der Waals surface area contributed by atoms with Crippen LogP contribution in [0.5, 0.6) is 23.0 Å². The fourth-order valence-electron chi connectivity index (χ4n) is 2.67. The summed E-state index contributed by atoms with van der Waals surface area (Å²) in [5.41, 5.74) is 8.05. The number of anilines is 1. The zero-order valence-corrected chi connectivity index (χ0v) is 14.7. The highest BCUT2D eigenvalue weighted by Crippen LogP contribution is 2.37. The molecule has 0 radical (unpaired) electrons. The first-order valence-corrected chi connectivity index (χ1v) is 7.90. The summed E-state index contributed by atoms with van der Waals surface area (Å²) in [6, 6.07) is 7.95. The molecule has 7 heteroatoms. The summed E-state index contributed by atoms with van der Waals surface area (Å²) in [7, 11) is 1.48. The van der Waals surface area contributed by atoms with Crippen LogP contribution in [0.15, 0.2) is 36.5 Å². The Morgan fingerprint density at radius 2 is 1.88 bits per heavy atom. The highest BCUT2D eigenvalue weighted by molar-refractivity contribution is 5.89. The van der Waals surface area contributed by atoms with E-state index in [2.05, 4.69) is 10.3 Å². The fraction of sp³-hybridized carbons (Fsp3) is 0.158. The average molecular weight is 353 g/mol. The number of hydrogen-bond donors (Lipinski definition) is 3. The predicted molar refractivity (Wildman–Crippen MR) is 99.2 cm³/mol. The largest absolute Gasteiger partial charge is 0.504 e. The summed E-state index contributed by atoms with van der Waals surface area (Å²) >= 11 is 0. The number of primary amides is 1. The lowest BCUT2D eigenvalue weighted by molar-refractivity contribution is 0.259. The van der Waals surface area contributed by atoms with Gasteiger partial charge in [-0.1, -0.05) is 0 Å². The maximum atomic E-state index is 11.1. The number of carbonyl (C=O) groups excluding carboxylic acids is 1. The Hall–Kier alpha value is -3.48. The number of ether oxygens (including phenoxy) is 2. The van der Waals surface area contributed by atoms with E-state index in [9.17, 15) is 9.90 Å². The van der Waals surface area contributed by atoms with Gasteiger partial charge in [-0.25, -0.2) is 4.79 Å². The van der Waals surface area contributed by atoms with Gasteiger partial charge in [0.1, 0.15) is 11.5 Å². The molecular formula is C19H19N3O4. The van der Waals surface area contributed by atoms with E-state index in [0.29, 0.717) is 33.8 Å². The van der Waals surface area contributed by atoms with Crippen molar-refractivity contribution in [2.75, 3.05) is 12.4 Å². The van der Waals surface area contributed by atoms with Crippen LogP contribution in [0.2, 0.25) is 0 Å². The highest BCUT2D eigenvalue weighted by atomic mass is 16.5. The minimum Gasteiger partial charge on any atom is -0.504 e. The fourth-order valence-corrected chi connectivity index (χ4v) is 2.67. The van der Waals surface area contributed by atoms with Gasteiger partial charge in [0.2, 0.25) is 0 Å². The Morgan fingerprint density at radius 1 is 1.12 bits per heavy atom. The second-order valence-electron chi connectivity index (χ2n) is 5.87. The average Bonchev–Trinajstić information content (AvgIpc) is 2.58. The van der Waals surface area contributed by atoms with Crippen LogP contribution in [-0.4, -0.2) is 23.2 Å². The minimum absolute atomic E-state index is 0.0126. The number of pyridine rings is 1. The van der Waals surface area contributed by atoms with E-state index in [0.717, 1.165) is 11.1 Å². The minimum atomic E-state index is -0.617. The number of fused-ring (bicyclic) bond motifs is 1. The lowest BCUT2D eigenvalue weighted by Crippen LogP contribution is -2.19. The zero-order chi connectivity index (χ0) is 18.8. The molecule has 7 nitrogen and oxygen atoms in total. The number of urea groups is 1. The molecule has 0 fully saturated rings. The molecule has 3 aromatic rings. The molecule has 0 unspecified atom stereocenters. The summed E-state index contributed by atoms with van der Waals surface area (Å²) in [5.74, 6) is 1.56. The third kappa shape index (κ3) is 3.32. The lowest BCUT2D eigenvalue weighted by Gasteiger charge is -2.15. The van der Waals surface area contributed by atoms with Crippen LogP contribution < -0.4 is 20.5 Å². The Balaban J connectivity index is 2.04. The summed E-state index contributed by atoms with van der Waals surface area (Å²) in [4.78, 5) is 15.3. The standard InChI is InChI=1S/C19H19N3O4/c1-10-7-17(11(2)6-13(10)22-19(20)24)26-16-4-5-21-14-9-15(23)18(25-3)8-12(14)16/h4-9,23H,1-3H3,(H3,20,22,24). The Kier molecular flexibility index (Phi) is 4.53. The van der Waals surface area contributed by atoms with Crippen molar-refractivity contribution in [3.8, 4) is 23.0 Å². The molecule has 0 aliphatic rings. The molecule has 0 aliphatic carbocycles. The van der Waals surface area contributed by atoms with E-state index >= 15 is 0 Å². The molecule has 2 aromatic carbocycles. The van der Waals surface area contributed by atoms with E-state index < -0.39 is 6.03 Å². The normalized spacial score (nSPS) is 10.6. The van der Waals surface area contributed by atoms with Crippen LogP contribution in [0.4, 0.5) is 10.5 Å². The summed E-state index contributed by atoms with van der Waals surface area (Å²) in [6.07, 6.45) is 1.61. The SMILES string of the molecule is COc1cc2c(Oc3cc(C)c(NC(N)=O)cc3C)ccnc2cc1O. The van der Waals surface area contributed by atoms with Crippen LogP contribution in [0, 0.1) is 13.8 Å². The molecule has 26 heavy (non-hydrogen) atoms. The number of aryl methyl sites for hydroxylation is 2. The van der Waals surface area contributed by atoms with Crippen LogP contribution in [0.3, 0.4) is 0 Å². The monoisotopic (exact) mass is 353 g/mol. The number of rotatable bonds is 4. The summed E-state index contributed by atoms with van der Waals surface area (Å²) in [5, 5.41) is 13.2. The predicted octanol–water partition coefficient (Wildman–Crippen LogP) is 3.85. The van der Waals surface area contributed by atoms with Crippen LogP contribution in [-0.2, 0) is 0 Å². The molecular weight excluding hydrogens is 334 g/mol. The smallest absolute Gasteiger partial charge is 0.316 e. The third-order valence-corrected chi connectivity index (χ3v) is 4.00. The van der Waals surface area contributed by atoms with Crippen molar-refractivity contribution in [3.05, 3.63) is 47.7 Å². The van der Waals surface area contributed by atoms with Gasteiger partial charge in [-0.2, -0.15) is 0 Å². The maximum Gasteiger partial charge on any atom is 0.316 e. The third-order valence-electron chi connectivity index (χ3n) is 4.00. The van der Waals surface area contributed by atoms with Crippen LogP contribution >= 0.6 is 0 Å². The van der Waals surface area contributed by atoms with E-state index in [1.54, 1.807) is 24.4 Å². The van der Waals surface area contributed by atoms with E-state index in [-0.39, 0.29) is 5.75 Å². The molecule has 4 N–H and O–H groups in total. The first kappa shape index (κ1) is 17.3. The van der Waals surface area contributed by atoms with Crippen molar-refractivity contribution >= 4 is 22.6 Å². The quantitative estimate of drug-likeness (QED) is 0.660. The molecule has 134 valence electrons. The van der Waals surface area contributed by atoms with Crippen molar-refractivity contribution in [1.29, 1.82) is 0 Å². The molecule has 0 atom stereocenters. The van der Waals surface area contributed by atoms with Crippen molar-refractivity contribution in [2.45, 2.75) is 13.8 Å². The molecule has 0 saturated carbocycles. The number of aromatic nitrogens is 1. The topological polar surface area (TPSA) is 107 Å². The number of nitrogens with two attached hydrogens (primary N) is 1. The number of methoxy groups -OCH3 is 1. The van der Waals surface area contributed by atoms with Gasteiger partial charge in [-0.3, -0.25) is 4.98 Å². The van der Waals surface area contributed by atoms with Gasteiger partial charge in [-0.05, 0) is 49.2 Å². The molecule has 0 aliphatic heterocycles. The van der Waals surface area contributed by atoms with Gasteiger partial charge in [-0.15, -0.1) is 0 Å². The van der Waals surface area contributed by atoms with Crippen molar-refractivity contribution in [2.24, 2.45) is 5.73 Å². The maximum absolute atomic E-state index is 11.1. The van der Waals surface area contributed by atoms with Gasteiger partial charge in [0.25, 0.3) is 0 Å². The zero-order valence-electron chi connectivity index (χ0n) is 14.7. The van der Waals surface area contributed by atoms with Gasteiger partial charge >= 0.3 is 6.03 Å². The van der Waals surface area contributed by atoms with Crippen molar-refractivity contribution in [1.82, 2.24) is 4.98 Å². The van der Waals surface area contributed by atoms with E-state index in [1.165, 1.54) is 13.2 Å². The first-order valence-electron chi connectivity index (χ1n) is 7.90. The van der Waals surface area contributed by atoms with E-state index in [1.807, 2.05) is 19.9 Å². The molecule has 1 heterocycles. The number of phenolic OH excluding ortho intramolecular Hbond substituents is 1. The summed E-state index contributed by atoms with van der Waals surface area (Å²) < 4.78 is 11.2. The molecule has 0 spiro atoms. The first-order chi connectivity index (χ1) is 12.4. The van der Waals surface area contributed by atoms with Gasteiger partial charge in [0, 0.05) is 23.3 Å². The van der Waals surface area contributed by atoms with Crippen molar-refractivity contribution in [3.63, 3.8) is 0 Å². The van der Waals surface area contributed by atoms with E-state index in [4.69, 9.17) is 15.2 Å². The second kappa shape index (κ2) is 6.79. The van der Waals surface area contributed by atoms with Gasteiger partial charge in [0.05, 0.1) is 12.6 Å². The van der Waals surface area contributed by atoms with Gasteiger partial charge in [0.15, 0.2) is 11.5 Å². The number of amides is 2. The van der Waals surface area contributed by atoms with Crippen molar-refractivity contribution < 1.29 is 19.4 Å². The van der Waals surface area contributed by atoms with Gasteiger partial charge < -0.3 is 25.6 Å².